The van der Waals surface area contributed by atoms with Crippen LogP contribution in [-0.2, 0) is 4.79 Å². The van der Waals surface area contributed by atoms with E-state index in [2.05, 4.69) is 15.0 Å². The molecule has 1 aromatic rings. The molecule has 130 valence electrons. The highest BCUT2D eigenvalue weighted by Gasteiger charge is 2.32. The van der Waals surface area contributed by atoms with Gasteiger partial charge < -0.3 is 10.5 Å². The van der Waals surface area contributed by atoms with Gasteiger partial charge in [-0.2, -0.15) is 4.39 Å². The van der Waals surface area contributed by atoms with Crippen molar-refractivity contribution >= 4 is 23.2 Å². The van der Waals surface area contributed by atoms with Crippen LogP contribution < -0.4 is 10.5 Å². The third kappa shape index (κ3) is 5.27. The van der Waals surface area contributed by atoms with E-state index in [1.54, 1.807) is 12.4 Å². The van der Waals surface area contributed by atoms with Crippen LogP contribution in [0.15, 0.2) is 34.6 Å². The van der Waals surface area contributed by atoms with Crippen molar-refractivity contribution in [1.29, 1.82) is 0 Å². The van der Waals surface area contributed by atoms with Gasteiger partial charge in [0, 0.05) is 32.5 Å². The number of carbonyl (C=O) groups is 1. The third-order valence-electron chi connectivity index (χ3n) is 3.54. The van der Waals surface area contributed by atoms with Crippen LogP contribution in [0.2, 0.25) is 0 Å². The van der Waals surface area contributed by atoms with Crippen molar-refractivity contribution < 1.29 is 13.9 Å². The van der Waals surface area contributed by atoms with E-state index < -0.39 is 5.95 Å². The van der Waals surface area contributed by atoms with Crippen LogP contribution in [0.1, 0.15) is 20.3 Å². The highest BCUT2D eigenvalue weighted by atomic mass is 32.2. The Morgan fingerprint density at radius 1 is 1.58 bits per heavy atom. The molecule has 2 atom stereocenters. The van der Waals surface area contributed by atoms with Crippen molar-refractivity contribution in [2.75, 3.05) is 13.1 Å². The molecule has 0 bridgehead atoms. The quantitative estimate of drug-likeness (QED) is 0.473. The summed E-state index contributed by atoms with van der Waals surface area (Å²) in [5, 5.41) is -0.201. The minimum Gasteiger partial charge on any atom is -0.486 e. The van der Waals surface area contributed by atoms with Crippen LogP contribution in [0.3, 0.4) is 0 Å². The van der Waals surface area contributed by atoms with Gasteiger partial charge in [0.2, 0.25) is 5.95 Å². The molecule has 1 aliphatic rings. The van der Waals surface area contributed by atoms with Crippen LogP contribution >= 0.6 is 11.8 Å². The van der Waals surface area contributed by atoms with Gasteiger partial charge in [-0.25, -0.2) is 15.0 Å². The second kappa shape index (κ2) is 8.74. The fraction of sp³-hybridized carbons (Fsp3) is 0.467. The summed E-state index contributed by atoms with van der Waals surface area (Å²) in [5.41, 5.74) is 5.14. The number of nitrogens with two attached hydrogens (primary N) is 1. The Kier molecular flexibility index (Phi) is 6.68. The summed E-state index contributed by atoms with van der Waals surface area (Å²) >= 11 is 0.836. The zero-order chi connectivity index (χ0) is 17.5. The topological polar surface area (TPSA) is 93.7 Å². The van der Waals surface area contributed by atoms with Gasteiger partial charge in [0.05, 0.1) is 23.6 Å². The molecule has 0 aromatic carbocycles. The number of aromatic nitrogens is 2. The monoisotopic (exact) mass is 353 g/mol. The molecule has 1 aliphatic heterocycles. The largest absolute Gasteiger partial charge is 0.486 e. The van der Waals surface area contributed by atoms with Gasteiger partial charge in [-0.15, -0.1) is 0 Å². The number of hydrogen-bond acceptors (Lipinski definition) is 7. The number of rotatable bonds is 6. The number of carbonyl (C=O) groups excluding carboxylic acids is 1. The van der Waals surface area contributed by atoms with Crippen molar-refractivity contribution in [2.24, 2.45) is 10.7 Å². The molecule has 0 saturated carbocycles. The molecule has 1 aromatic heterocycles. The minimum atomic E-state index is -0.731. The summed E-state index contributed by atoms with van der Waals surface area (Å²) in [5.74, 6) is -0.130. The van der Waals surface area contributed by atoms with Crippen molar-refractivity contribution in [3.63, 3.8) is 0 Å². The minimum absolute atomic E-state index is 0.0457. The second-order valence-corrected chi connectivity index (χ2v) is 6.69. The lowest BCUT2D eigenvalue weighted by molar-refractivity contribution is -0.109. The zero-order valence-electron chi connectivity index (χ0n) is 13.6. The van der Waals surface area contributed by atoms with Gasteiger partial charge in [0.15, 0.2) is 10.9 Å². The average Bonchev–Trinajstić information content (AvgIpc) is 2.87. The summed E-state index contributed by atoms with van der Waals surface area (Å²) in [6, 6.07) is 0.178. The molecular weight excluding hydrogens is 333 g/mol. The molecule has 1 saturated heterocycles. The number of hydrogen-bond donors (Lipinski definition) is 1. The Bertz CT molecular complexity index is 626. The molecular formula is C15H20FN5O2S. The molecule has 2 N–H and O–H groups in total. The standard InChI is InChI=1S/C15H20FN5O2S/c1-10-3-12(23-13-4-18-9-19-5-13)6-21(10)7-14(24-11(2)22)15(16)20-8-17/h4-5,8-10,12H,3,6-7H2,1-2H3,(H2,17,20)/b15-14-. The Hall–Kier alpha value is -2.00. The second-order valence-electron chi connectivity index (χ2n) is 5.41. The molecule has 24 heavy (non-hydrogen) atoms. The third-order valence-corrected chi connectivity index (χ3v) is 4.37. The molecule has 2 unspecified atom stereocenters. The highest BCUT2D eigenvalue weighted by molar-refractivity contribution is 8.16. The molecule has 0 amide bonds. The van der Waals surface area contributed by atoms with Crippen molar-refractivity contribution in [3.05, 3.63) is 29.6 Å². The number of ether oxygens (including phenoxy) is 1. The van der Waals surface area contributed by atoms with E-state index in [0.29, 0.717) is 12.3 Å². The summed E-state index contributed by atoms with van der Waals surface area (Å²) in [6.07, 6.45) is 6.27. The van der Waals surface area contributed by atoms with E-state index in [-0.39, 0.29) is 28.7 Å². The Morgan fingerprint density at radius 2 is 2.29 bits per heavy atom. The number of halogens is 1. The van der Waals surface area contributed by atoms with Crippen molar-refractivity contribution in [3.8, 4) is 5.75 Å². The van der Waals surface area contributed by atoms with Gasteiger partial charge in [0.25, 0.3) is 0 Å². The maximum absolute atomic E-state index is 14.0. The molecule has 7 nitrogen and oxygen atoms in total. The summed E-state index contributed by atoms with van der Waals surface area (Å²) in [7, 11) is 0. The summed E-state index contributed by atoms with van der Waals surface area (Å²) < 4.78 is 19.9. The number of aliphatic imine (C=N–C) groups is 1. The summed E-state index contributed by atoms with van der Waals surface area (Å²) in [6.45, 7) is 4.31. The van der Waals surface area contributed by atoms with E-state index in [1.807, 2.05) is 11.8 Å². The predicted molar refractivity (Wildman–Crippen MR) is 91.2 cm³/mol. The van der Waals surface area contributed by atoms with Crippen LogP contribution in [0.4, 0.5) is 4.39 Å². The first-order chi connectivity index (χ1) is 11.5. The smallest absolute Gasteiger partial charge is 0.225 e. The van der Waals surface area contributed by atoms with Crippen molar-refractivity contribution in [1.82, 2.24) is 14.9 Å². The van der Waals surface area contributed by atoms with E-state index >= 15 is 0 Å². The predicted octanol–water partition coefficient (Wildman–Crippen LogP) is 1.72. The highest BCUT2D eigenvalue weighted by Crippen LogP contribution is 2.28. The number of likely N-dealkylation sites (tertiary alicyclic amines) is 1. The molecule has 0 radical (unpaired) electrons. The fourth-order valence-electron chi connectivity index (χ4n) is 2.53. The molecule has 0 aliphatic carbocycles. The van der Waals surface area contributed by atoms with Gasteiger partial charge in [-0.05, 0) is 6.92 Å². The first-order valence-corrected chi connectivity index (χ1v) is 8.28. The Balaban J connectivity index is 2.03. The first-order valence-electron chi connectivity index (χ1n) is 7.46. The SMILES string of the molecule is CC(=O)S/C(CN1CC(Oc2cncnc2)CC1C)=C(F)\N=C\N. The van der Waals surface area contributed by atoms with Crippen LogP contribution in [0.5, 0.6) is 5.75 Å². The lowest BCUT2D eigenvalue weighted by Crippen LogP contribution is -2.30. The lowest BCUT2D eigenvalue weighted by atomic mass is 10.2. The number of nitrogens with zero attached hydrogens (tertiary/aromatic N) is 4. The van der Waals surface area contributed by atoms with Gasteiger partial charge >= 0.3 is 0 Å². The maximum atomic E-state index is 14.0. The molecule has 9 heteroatoms. The Morgan fingerprint density at radius 3 is 2.92 bits per heavy atom. The Labute approximate surface area is 144 Å². The van der Waals surface area contributed by atoms with Gasteiger partial charge in [-0.3, -0.25) is 9.69 Å². The van der Waals surface area contributed by atoms with Gasteiger partial charge in [0.1, 0.15) is 12.4 Å². The zero-order valence-corrected chi connectivity index (χ0v) is 14.4. The first kappa shape index (κ1) is 18.3. The summed E-state index contributed by atoms with van der Waals surface area (Å²) in [4.78, 5) is 24.9. The van der Waals surface area contributed by atoms with Crippen molar-refractivity contribution in [2.45, 2.75) is 32.4 Å². The molecule has 0 spiro atoms. The normalized spacial score (nSPS) is 22.6. The van der Waals surface area contributed by atoms with E-state index in [4.69, 9.17) is 10.5 Å². The van der Waals surface area contributed by atoms with Crippen LogP contribution in [0, 0.1) is 0 Å². The maximum Gasteiger partial charge on any atom is 0.225 e. The van der Waals surface area contributed by atoms with E-state index in [1.165, 1.54) is 13.3 Å². The van der Waals surface area contributed by atoms with Gasteiger partial charge in [-0.1, -0.05) is 11.8 Å². The van der Waals surface area contributed by atoms with E-state index in [9.17, 15) is 9.18 Å². The molecule has 2 rings (SSSR count). The number of thioether (sulfide) groups is 1. The van der Waals surface area contributed by atoms with Crippen LogP contribution in [-0.4, -0.2) is 51.6 Å². The molecule has 1 fully saturated rings. The van der Waals surface area contributed by atoms with Crippen LogP contribution in [0.25, 0.3) is 0 Å². The average molecular weight is 353 g/mol. The lowest BCUT2D eigenvalue weighted by Gasteiger charge is -2.21. The fourth-order valence-corrected chi connectivity index (χ4v) is 3.24. The molecule has 2 heterocycles. The van der Waals surface area contributed by atoms with E-state index in [0.717, 1.165) is 24.5 Å².